The van der Waals surface area contributed by atoms with Crippen LogP contribution in [-0.4, -0.2) is 50.8 Å². The Morgan fingerprint density at radius 2 is 2.24 bits per heavy atom. The summed E-state index contributed by atoms with van der Waals surface area (Å²) in [5, 5.41) is 3.52. The summed E-state index contributed by atoms with van der Waals surface area (Å²) in [6.45, 7) is 8.15. The average Bonchev–Trinajstić information content (AvgIpc) is 3.09. The smallest absolute Gasteiger partial charge is 0.0593 e. The predicted octanol–water partition coefficient (Wildman–Crippen LogP) is 1.52. The molecule has 3 nitrogen and oxygen atoms in total. The molecule has 0 bridgehead atoms. The van der Waals surface area contributed by atoms with Gasteiger partial charge in [-0.3, -0.25) is 0 Å². The molecule has 2 heterocycles. The van der Waals surface area contributed by atoms with Gasteiger partial charge in [-0.05, 0) is 44.7 Å². The monoisotopic (exact) mass is 260 g/mol. The van der Waals surface area contributed by atoms with Gasteiger partial charge in [0.25, 0.3) is 0 Å². The number of hydrogen-bond donors (Lipinski definition) is 1. The third-order valence-electron chi connectivity index (χ3n) is 4.39. The standard InChI is InChI=1S/C13H24N2O.ClH/c1-2-12(8-14-5-1)9-15-6-7-16-11-13(10-15)3-4-13;/h12,14H,1-11H2;1H. The lowest BCUT2D eigenvalue weighted by atomic mass is 9.98. The quantitative estimate of drug-likeness (QED) is 0.815. The van der Waals surface area contributed by atoms with Crippen LogP contribution in [0.15, 0.2) is 0 Å². The van der Waals surface area contributed by atoms with E-state index >= 15 is 0 Å². The maximum absolute atomic E-state index is 5.73. The van der Waals surface area contributed by atoms with Crippen molar-refractivity contribution in [1.29, 1.82) is 0 Å². The molecule has 1 saturated carbocycles. The summed E-state index contributed by atoms with van der Waals surface area (Å²) in [4.78, 5) is 2.66. The van der Waals surface area contributed by atoms with E-state index in [1.165, 1.54) is 51.9 Å². The van der Waals surface area contributed by atoms with Gasteiger partial charge in [0, 0.05) is 25.0 Å². The third-order valence-corrected chi connectivity index (χ3v) is 4.39. The summed E-state index contributed by atoms with van der Waals surface area (Å²) in [7, 11) is 0. The van der Waals surface area contributed by atoms with E-state index in [1.54, 1.807) is 0 Å². The summed E-state index contributed by atoms with van der Waals surface area (Å²) < 4.78 is 5.73. The van der Waals surface area contributed by atoms with E-state index < -0.39 is 0 Å². The van der Waals surface area contributed by atoms with Gasteiger partial charge >= 0.3 is 0 Å². The van der Waals surface area contributed by atoms with Crippen LogP contribution in [0.1, 0.15) is 25.7 Å². The van der Waals surface area contributed by atoms with Crippen LogP contribution in [0.4, 0.5) is 0 Å². The summed E-state index contributed by atoms with van der Waals surface area (Å²) in [5.41, 5.74) is 0.568. The molecule has 3 rings (SSSR count). The lowest BCUT2D eigenvalue weighted by Crippen LogP contribution is -2.40. The number of nitrogens with zero attached hydrogens (tertiary/aromatic N) is 1. The summed E-state index contributed by atoms with van der Waals surface area (Å²) in [6, 6.07) is 0. The number of hydrogen-bond acceptors (Lipinski definition) is 3. The van der Waals surface area contributed by atoms with Gasteiger partial charge in [0.15, 0.2) is 0 Å². The molecule has 17 heavy (non-hydrogen) atoms. The largest absolute Gasteiger partial charge is 0.379 e. The Hall–Kier alpha value is 0.170. The molecule has 1 spiro atoms. The molecule has 100 valence electrons. The Bertz CT molecular complexity index is 240. The van der Waals surface area contributed by atoms with Gasteiger partial charge in [-0.1, -0.05) is 0 Å². The van der Waals surface area contributed by atoms with Crippen LogP contribution < -0.4 is 5.32 Å². The van der Waals surface area contributed by atoms with Crippen LogP contribution in [0.2, 0.25) is 0 Å². The van der Waals surface area contributed by atoms with Gasteiger partial charge in [0.05, 0.1) is 13.2 Å². The van der Waals surface area contributed by atoms with Crippen molar-refractivity contribution in [3.63, 3.8) is 0 Å². The van der Waals surface area contributed by atoms with E-state index in [2.05, 4.69) is 10.2 Å². The van der Waals surface area contributed by atoms with Crippen molar-refractivity contribution < 1.29 is 4.74 Å². The fourth-order valence-corrected chi connectivity index (χ4v) is 3.16. The summed E-state index contributed by atoms with van der Waals surface area (Å²) >= 11 is 0. The molecular formula is C13H25ClN2O. The van der Waals surface area contributed by atoms with Crippen LogP contribution in [0.3, 0.4) is 0 Å². The van der Waals surface area contributed by atoms with E-state index in [9.17, 15) is 0 Å². The zero-order valence-electron chi connectivity index (χ0n) is 10.6. The molecule has 3 aliphatic rings. The lowest BCUT2D eigenvalue weighted by Gasteiger charge is -2.30. The molecule has 1 unspecified atom stereocenters. The number of rotatable bonds is 2. The maximum Gasteiger partial charge on any atom is 0.0593 e. The second kappa shape index (κ2) is 5.87. The lowest BCUT2D eigenvalue weighted by molar-refractivity contribution is 0.115. The summed E-state index contributed by atoms with van der Waals surface area (Å²) in [6.07, 6.45) is 5.57. The second-order valence-corrected chi connectivity index (χ2v) is 6.00. The molecule has 1 N–H and O–H groups in total. The molecular weight excluding hydrogens is 236 g/mol. The Morgan fingerprint density at radius 3 is 2.94 bits per heavy atom. The minimum absolute atomic E-state index is 0. The molecule has 2 saturated heterocycles. The van der Waals surface area contributed by atoms with Crippen LogP contribution in [0, 0.1) is 11.3 Å². The van der Waals surface area contributed by atoms with Crippen LogP contribution in [0.25, 0.3) is 0 Å². The first-order chi connectivity index (χ1) is 7.86. The number of halogens is 1. The van der Waals surface area contributed by atoms with Crippen molar-refractivity contribution in [2.45, 2.75) is 25.7 Å². The normalized spacial score (nSPS) is 32.8. The highest BCUT2D eigenvalue weighted by molar-refractivity contribution is 5.85. The molecule has 0 radical (unpaired) electrons. The minimum atomic E-state index is 0. The average molecular weight is 261 g/mol. The summed E-state index contributed by atoms with van der Waals surface area (Å²) in [5.74, 6) is 0.877. The third kappa shape index (κ3) is 3.57. The maximum atomic E-state index is 5.73. The van der Waals surface area contributed by atoms with Crippen LogP contribution >= 0.6 is 12.4 Å². The van der Waals surface area contributed by atoms with Crippen LogP contribution in [-0.2, 0) is 4.74 Å². The van der Waals surface area contributed by atoms with E-state index in [4.69, 9.17) is 4.74 Å². The van der Waals surface area contributed by atoms with Crippen molar-refractivity contribution in [2.24, 2.45) is 11.3 Å². The van der Waals surface area contributed by atoms with Crippen molar-refractivity contribution in [3.8, 4) is 0 Å². The Kier molecular flexibility index (Phi) is 4.70. The molecule has 1 atom stereocenters. The Morgan fingerprint density at radius 1 is 1.35 bits per heavy atom. The van der Waals surface area contributed by atoms with E-state index in [0.717, 1.165) is 25.7 Å². The predicted molar refractivity (Wildman–Crippen MR) is 71.8 cm³/mol. The second-order valence-electron chi connectivity index (χ2n) is 6.00. The van der Waals surface area contributed by atoms with E-state index in [1.807, 2.05) is 0 Å². The van der Waals surface area contributed by atoms with Crippen molar-refractivity contribution in [2.75, 3.05) is 45.9 Å². The molecule has 1 aliphatic carbocycles. The van der Waals surface area contributed by atoms with Crippen molar-refractivity contribution in [1.82, 2.24) is 10.2 Å². The van der Waals surface area contributed by atoms with Gasteiger partial charge in [-0.2, -0.15) is 0 Å². The topological polar surface area (TPSA) is 24.5 Å². The Labute approximate surface area is 111 Å². The van der Waals surface area contributed by atoms with Crippen molar-refractivity contribution >= 4 is 12.4 Å². The molecule has 4 heteroatoms. The molecule has 3 fully saturated rings. The first-order valence-corrected chi connectivity index (χ1v) is 6.87. The first kappa shape index (κ1) is 13.6. The van der Waals surface area contributed by atoms with Gasteiger partial charge in [0.1, 0.15) is 0 Å². The highest BCUT2D eigenvalue weighted by Gasteiger charge is 2.45. The van der Waals surface area contributed by atoms with Gasteiger partial charge in [-0.25, -0.2) is 0 Å². The van der Waals surface area contributed by atoms with Crippen LogP contribution in [0.5, 0.6) is 0 Å². The first-order valence-electron chi connectivity index (χ1n) is 6.87. The molecule has 0 aromatic heterocycles. The molecule has 0 amide bonds. The fourth-order valence-electron chi connectivity index (χ4n) is 3.16. The SMILES string of the molecule is C1CNCC(CN2CCOCC3(CC3)C2)C1.Cl. The van der Waals surface area contributed by atoms with Crippen molar-refractivity contribution in [3.05, 3.63) is 0 Å². The zero-order valence-corrected chi connectivity index (χ0v) is 11.4. The Balaban J connectivity index is 0.00000108. The van der Waals surface area contributed by atoms with E-state index in [0.29, 0.717) is 5.41 Å². The molecule has 2 aliphatic heterocycles. The van der Waals surface area contributed by atoms with Gasteiger partial charge in [-0.15, -0.1) is 12.4 Å². The van der Waals surface area contributed by atoms with Gasteiger partial charge in [0.2, 0.25) is 0 Å². The molecule has 0 aromatic carbocycles. The number of ether oxygens (including phenoxy) is 1. The van der Waals surface area contributed by atoms with Gasteiger partial charge < -0.3 is 15.0 Å². The minimum Gasteiger partial charge on any atom is -0.379 e. The highest BCUT2D eigenvalue weighted by Crippen LogP contribution is 2.47. The molecule has 0 aromatic rings. The number of piperidine rings is 1. The fraction of sp³-hybridized carbons (Fsp3) is 1.00. The zero-order chi connectivity index (χ0) is 10.8. The number of nitrogens with one attached hydrogen (secondary N) is 1. The highest BCUT2D eigenvalue weighted by atomic mass is 35.5. The van der Waals surface area contributed by atoms with E-state index in [-0.39, 0.29) is 12.4 Å².